The first kappa shape index (κ1) is 18.5. The first-order chi connectivity index (χ1) is 12.8. The predicted octanol–water partition coefficient (Wildman–Crippen LogP) is 3.74. The standard InChI is InChI=1S/C19H17NO6S/c1-12-7-8-13(21)11-18(12)27(24,25)20(19(22)23)16-9-10-17(26-2)15-6-4-3-5-14(15)16/h3-11,21H,1-2H3,(H,22,23). The Hall–Kier alpha value is -3.26. The first-order valence-electron chi connectivity index (χ1n) is 7.91. The lowest BCUT2D eigenvalue weighted by molar-refractivity contribution is 0.206. The third kappa shape index (κ3) is 3.15. The van der Waals surface area contributed by atoms with Gasteiger partial charge in [0.15, 0.2) is 0 Å². The van der Waals surface area contributed by atoms with Crippen molar-refractivity contribution in [3.05, 3.63) is 60.2 Å². The van der Waals surface area contributed by atoms with Crippen LogP contribution in [-0.2, 0) is 10.0 Å². The molecule has 8 heteroatoms. The number of nitrogens with zero attached hydrogens (tertiary/aromatic N) is 1. The van der Waals surface area contributed by atoms with E-state index in [2.05, 4.69) is 0 Å². The molecule has 3 aromatic carbocycles. The van der Waals surface area contributed by atoms with Crippen LogP contribution in [-0.4, -0.2) is 31.8 Å². The van der Waals surface area contributed by atoms with E-state index in [1.807, 2.05) is 0 Å². The second kappa shape index (κ2) is 6.81. The highest BCUT2D eigenvalue weighted by atomic mass is 32.2. The Bertz CT molecular complexity index is 1140. The van der Waals surface area contributed by atoms with Crippen molar-refractivity contribution in [1.82, 2.24) is 0 Å². The maximum atomic E-state index is 13.1. The number of amides is 1. The van der Waals surface area contributed by atoms with Gasteiger partial charge in [-0.3, -0.25) is 0 Å². The van der Waals surface area contributed by atoms with Crippen LogP contribution in [0.5, 0.6) is 11.5 Å². The largest absolute Gasteiger partial charge is 0.508 e. The van der Waals surface area contributed by atoms with Gasteiger partial charge in [-0.25, -0.2) is 13.2 Å². The minimum atomic E-state index is -4.48. The average molecular weight is 387 g/mol. The summed E-state index contributed by atoms with van der Waals surface area (Å²) < 4.78 is 31.9. The predicted molar refractivity (Wildman–Crippen MR) is 101 cm³/mol. The van der Waals surface area contributed by atoms with Crippen LogP contribution in [0.4, 0.5) is 10.5 Å². The molecule has 0 unspecified atom stereocenters. The van der Waals surface area contributed by atoms with Crippen LogP contribution in [0.15, 0.2) is 59.5 Å². The zero-order valence-electron chi connectivity index (χ0n) is 14.6. The van der Waals surface area contributed by atoms with Crippen molar-refractivity contribution in [2.45, 2.75) is 11.8 Å². The summed E-state index contributed by atoms with van der Waals surface area (Å²) in [5, 5.41) is 20.4. The topological polar surface area (TPSA) is 104 Å². The van der Waals surface area contributed by atoms with Gasteiger partial charge in [-0.2, -0.15) is 4.31 Å². The van der Waals surface area contributed by atoms with Crippen molar-refractivity contribution in [1.29, 1.82) is 0 Å². The number of sulfonamides is 1. The molecule has 3 aromatic rings. The summed E-state index contributed by atoms with van der Waals surface area (Å²) in [5.74, 6) is 0.217. The highest BCUT2D eigenvalue weighted by molar-refractivity contribution is 7.93. The Morgan fingerprint density at radius 3 is 2.33 bits per heavy atom. The van der Waals surface area contributed by atoms with E-state index in [0.29, 0.717) is 26.4 Å². The molecule has 0 aliphatic carbocycles. The zero-order chi connectivity index (χ0) is 19.8. The Kier molecular flexibility index (Phi) is 4.67. The van der Waals surface area contributed by atoms with Gasteiger partial charge in [-0.05, 0) is 30.7 Å². The van der Waals surface area contributed by atoms with E-state index in [4.69, 9.17) is 4.74 Å². The van der Waals surface area contributed by atoms with Gasteiger partial charge in [-0.1, -0.05) is 30.3 Å². The van der Waals surface area contributed by atoms with Crippen LogP contribution in [0.25, 0.3) is 10.8 Å². The third-order valence-corrected chi connectivity index (χ3v) is 5.99. The molecule has 7 nitrogen and oxygen atoms in total. The quantitative estimate of drug-likeness (QED) is 0.707. The van der Waals surface area contributed by atoms with Crippen LogP contribution >= 0.6 is 0 Å². The number of benzene rings is 3. The Balaban J connectivity index is 2.31. The van der Waals surface area contributed by atoms with E-state index in [1.54, 1.807) is 24.3 Å². The number of fused-ring (bicyclic) bond motifs is 1. The summed E-state index contributed by atoms with van der Waals surface area (Å²) in [6.07, 6.45) is -1.66. The molecule has 0 atom stereocenters. The molecular weight excluding hydrogens is 370 g/mol. The molecule has 0 aliphatic rings. The number of anilines is 1. The van der Waals surface area contributed by atoms with Crippen molar-refractivity contribution in [3.63, 3.8) is 0 Å². The van der Waals surface area contributed by atoms with Crippen LogP contribution in [0.1, 0.15) is 5.56 Å². The van der Waals surface area contributed by atoms with Gasteiger partial charge in [0.2, 0.25) is 0 Å². The molecular formula is C19H17NO6S. The molecule has 0 heterocycles. The molecule has 0 saturated heterocycles. The second-order valence-electron chi connectivity index (χ2n) is 5.83. The van der Waals surface area contributed by atoms with Crippen molar-refractivity contribution in [2.75, 3.05) is 11.4 Å². The number of phenolic OH excluding ortho intramolecular Hbond substituents is 1. The summed E-state index contributed by atoms with van der Waals surface area (Å²) in [5.41, 5.74) is 0.290. The monoisotopic (exact) mass is 387 g/mol. The molecule has 0 saturated carbocycles. The number of hydrogen-bond donors (Lipinski definition) is 2. The summed E-state index contributed by atoms with van der Waals surface area (Å²) in [6, 6.07) is 13.4. The first-order valence-corrected chi connectivity index (χ1v) is 9.35. The Morgan fingerprint density at radius 2 is 1.70 bits per heavy atom. The van der Waals surface area contributed by atoms with Crippen LogP contribution in [0.3, 0.4) is 0 Å². The third-order valence-electron chi connectivity index (χ3n) is 4.16. The summed E-state index contributed by atoms with van der Waals surface area (Å²) in [4.78, 5) is 11.7. The van der Waals surface area contributed by atoms with Crippen molar-refractivity contribution < 1.29 is 28.2 Å². The number of hydrogen-bond acceptors (Lipinski definition) is 5. The average Bonchev–Trinajstić information content (AvgIpc) is 2.63. The number of ether oxygens (including phenoxy) is 1. The number of carboxylic acid groups (broad SMARTS) is 1. The molecule has 0 radical (unpaired) electrons. The van der Waals surface area contributed by atoms with Gasteiger partial charge in [0, 0.05) is 16.8 Å². The summed E-state index contributed by atoms with van der Waals surface area (Å²) >= 11 is 0. The van der Waals surface area contributed by atoms with Crippen molar-refractivity contribution in [3.8, 4) is 11.5 Å². The van der Waals surface area contributed by atoms with Crippen LogP contribution in [0, 0.1) is 6.92 Å². The van der Waals surface area contributed by atoms with E-state index >= 15 is 0 Å². The minimum Gasteiger partial charge on any atom is -0.508 e. The molecule has 0 bridgehead atoms. The summed E-state index contributed by atoms with van der Waals surface area (Å²) in [6.45, 7) is 1.53. The number of rotatable bonds is 4. The fraction of sp³-hybridized carbons (Fsp3) is 0.105. The maximum absolute atomic E-state index is 13.1. The lowest BCUT2D eigenvalue weighted by atomic mass is 10.1. The molecule has 27 heavy (non-hydrogen) atoms. The van der Waals surface area contributed by atoms with Gasteiger partial charge < -0.3 is 14.9 Å². The number of phenols is 1. The Morgan fingerprint density at radius 1 is 1.04 bits per heavy atom. The van der Waals surface area contributed by atoms with Crippen LogP contribution in [0.2, 0.25) is 0 Å². The Labute approximate surface area is 156 Å². The maximum Gasteiger partial charge on any atom is 0.426 e. The summed E-state index contributed by atoms with van der Waals surface area (Å²) in [7, 11) is -3.01. The molecule has 1 amide bonds. The number of aryl methyl sites for hydroxylation is 1. The van der Waals surface area contributed by atoms with E-state index in [9.17, 15) is 23.4 Å². The molecule has 2 N–H and O–H groups in total. The number of methoxy groups -OCH3 is 1. The van der Waals surface area contributed by atoms with Gasteiger partial charge >= 0.3 is 6.09 Å². The molecule has 0 fully saturated rings. The van der Waals surface area contributed by atoms with Crippen molar-refractivity contribution in [2.24, 2.45) is 0 Å². The minimum absolute atomic E-state index is 0.0263. The molecule has 3 rings (SSSR count). The van der Waals surface area contributed by atoms with E-state index in [0.717, 1.165) is 6.07 Å². The second-order valence-corrected chi connectivity index (χ2v) is 7.59. The van der Waals surface area contributed by atoms with Gasteiger partial charge in [0.1, 0.15) is 11.5 Å². The SMILES string of the molecule is COc1ccc(N(C(=O)O)S(=O)(=O)c2cc(O)ccc2C)c2ccccc12. The highest BCUT2D eigenvalue weighted by Crippen LogP contribution is 2.37. The molecule has 0 aliphatic heterocycles. The lowest BCUT2D eigenvalue weighted by Gasteiger charge is -2.22. The normalized spacial score (nSPS) is 11.3. The van der Waals surface area contributed by atoms with Crippen LogP contribution < -0.4 is 9.04 Å². The fourth-order valence-corrected chi connectivity index (χ4v) is 4.48. The van der Waals surface area contributed by atoms with Gasteiger partial charge in [0.25, 0.3) is 10.0 Å². The fourth-order valence-electron chi connectivity index (χ4n) is 2.91. The van der Waals surface area contributed by atoms with Crippen molar-refractivity contribution >= 4 is 32.6 Å². The molecule has 140 valence electrons. The van der Waals surface area contributed by atoms with Gasteiger partial charge in [-0.15, -0.1) is 0 Å². The van der Waals surface area contributed by atoms with E-state index in [1.165, 1.54) is 38.3 Å². The number of carbonyl (C=O) groups is 1. The molecule has 0 aromatic heterocycles. The zero-order valence-corrected chi connectivity index (χ0v) is 15.4. The van der Waals surface area contributed by atoms with E-state index in [-0.39, 0.29) is 16.3 Å². The lowest BCUT2D eigenvalue weighted by Crippen LogP contribution is -2.36. The smallest absolute Gasteiger partial charge is 0.426 e. The van der Waals surface area contributed by atoms with Gasteiger partial charge in [0.05, 0.1) is 17.7 Å². The van der Waals surface area contributed by atoms with E-state index < -0.39 is 16.1 Å². The number of aromatic hydroxyl groups is 1. The molecule has 0 spiro atoms. The highest BCUT2D eigenvalue weighted by Gasteiger charge is 2.33.